The van der Waals surface area contributed by atoms with Gasteiger partial charge in [0.1, 0.15) is 29.5 Å². The van der Waals surface area contributed by atoms with Gasteiger partial charge in [0.2, 0.25) is 5.60 Å². The third-order valence-electron chi connectivity index (χ3n) is 14.2. The first-order valence-electron chi connectivity index (χ1n) is 18.4. The molecule has 5 unspecified atom stereocenters. The van der Waals surface area contributed by atoms with Crippen molar-refractivity contribution in [1.29, 1.82) is 0 Å². The van der Waals surface area contributed by atoms with Gasteiger partial charge in [-0.05, 0) is 31.2 Å². The molecule has 0 amide bonds. The van der Waals surface area contributed by atoms with E-state index in [-0.39, 0.29) is 38.7 Å². The maximum atomic E-state index is 13.9. The van der Waals surface area contributed by atoms with Crippen LogP contribution in [-0.2, 0) is 71.4 Å². The predicted molar refractivity (Wildman–Crippen MR) is 175 cm³/mol. The van der Waals surface area contributed by atoms with Gasteiger partial charge in [-0.25, -0.2) is 0 Å². The minimum Gasteiger partial charge on any atom is -0.472 e. The van der Waals surface area contributed by atoms with Crippen LogP contribution < -0.4 is 0 Å². The van der Waals surface area contributed by atoms with E-state index in [0.717, 1.165) is 0 Å². The van der Waals surface area contributed by atoms with E-state index in [1.54, 1.807) is 19.9 Å². The van der Waals surface area contributed by atoms with E-state index < -0.39 is 117 Å². The number of methoxy groups -OCH3 is 1. The van der Waals surface area contributed by atoms with Gasteiger partial charge >= 0.3 is 35.8 Å². The van der Waals surface area contributed by atoms with Gasteiger partial charge in [-0.1, -0.05) is 20.8 Å². The van der Waals surface area contributed by atoms with Crippen LogP contribution in [0.2, 0.25) is 0 Å². The second kappa shape index (κ2) is 11.3. The first-order valence-corrected chi connectivity index (χ1v) is 18.4. The molecule has 4 bridgehead atoms. The molecule has 4 saturated carbocycles. The number of fused-ring (bicyclic) bond motifs is 3. The lowest BCUT2D eigenvalue weighted by molar-refractivity contribution is -0.485. The Morgan fingerprint density at radius 1 is 0.907 bits per heavy atom. The van der Waals surface area contributed by atoms with E-state index in [1.807, 2.05) is 13.8 Å². The molecule has 3 saturated heterocycles. The van der Waals surface area contributed by atoms with Crippen LogP contribution in [0.25, 0.3) is 0 Å². The lowest BCUT2D eigenvalue weighted by atomic mass is 9.33. The smallest absolute Gasteiger partial charge is 0.306 e. The second-order valence-corrected chi connectivity index (χ2v) is 16.7. The Kier molecular flexibility index (Phi) is 7.71. The van der Waals surface area contributed by atoms with Crippen LogP contribution in [0.1, 0.15) is 98.7 Å². The molecule has 16 nitrogen and oxygen atoms in total. The zero-order valence-electron chi connectivity index (χ0n) is 31.6. The van der Waals surface area contributed by atoms with Crippen molar-refractivity contribution in [2.75, 3.05) is 13.7 Å². The van der Waals surface area contributed by atoms with E-state index in [2.05, 4.69) is 0 Å². The second-order valence-electron chi connectivity index (χ2n) is 16.7. The summed E-state index contributed by atoms with van der Waals surface area (Å²) in [5, 5.41) is 0. The summed E-state index contributed by atoms with van der Waals surface area (Å²) in [6.07, 6.45) is -1.55. The van der Waals surface area contributed by atoms with Crippen molar-refractivity contribution in [1.82, 2.24) is 0 Å². The molecular formula is C38H46O16. The van der Waals surface area contributed by atoms with Gasteiger partial charge in [-0.15, -0.1) is 0 Å². The molecular weight excluding hydrogens is 712 g/mol. The van der Waals surface area contributed by atoms with Crippen LogP contribution in [0, 0.1) is 28.1 Å². The van der Waals surface area contributed by atoms with Gasteiger partial charge in [0.15, 0.2) is 12.2 Å². The molecule has 13 atom stereocenters. The van der Waals surface area contributed by atoms with Crippen LogP contribution in [-0.4, -0.2) is 90.1 Å². The van der Waals surface area contributed by atoms with Gasteiger partial charge in [0, 0.05) is 62.8 Å². The number of furan rings is 1. The number of ether oxygens (including phenoxy) is 9. The predicted octanol–water partition coefficient (Wildman–Crippen LogP) is 3.37. The molecule has 8 rings (SSSR count). The fraction of sp³-hybridized carbons (Fsp3) is 0.737. The SMILES string of the molecule is CCC(=O)O[C@@H]1[C@]2(OC(C)=O)[C@@H](OC(C)=O)[C@]3(C)CC24OC2(C)O[C@]15C(CC(=O)OC)[C@](C)([C@H](OC(C)=O)c1ccoc1)CC[C@]5(O2)C41COC(=O)CC13. The highest BCUT2D eigenvalue weighted by molar-refractivity contribution is 5.76. The largest absolute Gasteiger partial charge is 0.472 e. The zero-order valence-corrected chi connectivity index (χ0v) is 31.6. The molecule has 7 fully saturated rings. The average Bonchev–Trinajstić information content (AvgIpc) is 3.80. The van der Waals surface area contributed by atoms with Crippen LogP contribution in [0.5, 0.6) is 0 Å². The Morgan fingerprint density at radius 2 is 1.63 bits per heavy atom. The van der Waals surface area contributed by atoms with E-state index in [0.29, 0.717) is 5.56 Å². The topological polar surface area (TPSA) is 199 Å². The summed E-state index contributed by atoms with van der Waals surface area (Å²) in [5.74, 6) is -7.86. The first-order chi connectivity index (χ1) is 25.3. The summed E-state index contributed by atoms with van der Waals surface area (Å²) in [5.41, 5.74) is -10.8. The quantitative estimate of drug-likeness (QED) is 0.262. The van der Waals surface area contributed by atoms with Gasteiger partial charge in [-0.3, -0.25) is 28.8 Å². The third-order valence-corrected chi connectivity index (χ3v) is 14.2. The Morgan fingerprint density at radius 3 is 2.24 bits per heavy atom. The molecule has 0 aromatic carbocycles. The molecule has 0 radical (unpaired) electrons. The Bertz CT molecular complexity index is 1840. The fourth-order valence-electron chi connectivity index (χ4n) is 13.1. The molecule has 1 aromatic heterocycles. The summed E-state index contributed by atoms with van der Waals surface area (Å²) in [4.78, 5) is 81.0. The van der Waals surface area contributed by atoms with Crippen molar-refractivity contribution in [3.8, 4) is 0 Å². The Labute approximate surface area is 311 Å². The van der Waals surface area contributed by atoms with Crippen LogP contribution in [0.4, 0.5) is 0 Å². The van der Waals surface area contributed by atoms with E-state index >= 15 is 0 Å². The van der Waals surface area contributed by atoms with Gasteiger partial charge in [0.05, 0.1) is 31.5 Å². The Balaban J connectivity index is 1.53. The number of carbonyl (C=O) groups is 6. The zero-order chi connectivity index (χ0) is 39.1. The number of rotatable bonds is 9. The van der Waals surface area contributed by atoms with E-state index in [4.69, 9.17) is 47.0 Å². The molecule has 294 valence electrons. The minimum absolute atomic E-state index is 0.0663. The van der Waals surface area contributed by atoms with Crippen molar-refractivity contribution in [3.05, 3.63) is 24.2 Å². The molecule has 1 aromatic rings. The van der Waals surface area contributed by atoms with Crippen LogP contribution in [0.3, 0.4) is 0 Å². The average molecular weight is 759 g/mol. The van der Waals surface area contributed by atoms with Crippen molar-refractivity contribution >= 4 is 35.8 Å². The van der Waals surface area contributed by atoms with Gasteiger partial charge in [0.25, 0.3) is 5.97 Å². The molecule has 3 spiro atoms. The lowest BCUT2D eigenvalue weighted by Crippen LogP contribution is -2.95. The summed E-state index contributed by atoms with van der Waals surface area (Å²) in [6.45, 7) is 10.2. The van der Waals surface area contributed by atoms with Gasteiger partial charge < -0.3 is 47.0 Å². The monoisotopic (exact) mass is 758 g/mol. The van der Waals surface area contributed by atoms with E-state index in [1.165, 1.54) is 40.4 Å². The number of esters is 6. The first kappa shape index (κ1) is 36.9. The molecule has 16 heteroatoms. The number of hydrogen-bond donors (Lipinski definition) is 0. The standard InChI is InChI=1S/C38H46O16/c1-9-25(42)50-30-37-24(15-26(43)45-8)31(5,28(48-19(2)39)22-10-13-46-16-22)11-12-35(37)34-18-47-27(44)14-23(34)32(6)17-36(34,53-33(7,52-35)54-37)38(30,51-21(4)41)29(32)49-20(3)40/h10,13,16,23-24,28-30H,9,11-12,14-15,17-18H2,1-8H3/t23?,24?,28-,29+,30+,31-,32-,33?,34?,35+,36?,37-,38-/m1/s1. The Hall–Kier alpha value is -4.02. The van der Waals surface area contributed by atoms with Crippen molar-refractivity contribution in [2.45, 2.75) is 134 Å². The third kappa shape index (κ3) is 3.99. The summed E-state index contributed by atoms with van der Waals surface area (Å²) in [6, 6.07) is 1.64. The molecule has 7 aliphatic rings. The maximum absolute atomic E-state index is 13.9. The lowest BCUT2D eigenvalue weighted by Gasteiger charge is -2.77. The van der Waals surface area contributed by atoms with Crippen LogP contribution in [0.15, 0.2) is 23.0 Å². The highest BCUT2D eigenvalue weighted by Crippen LogP contribution is 2.90. The summed E-state index contributed by atoms with van der Waals surface area (Å²) < 4.78 is 64.0. The molecule has 4 heterocycles. The number of cyclic esters (lactones) is 1. The van der Waals surface area contributed by atoms with Crippen molar-refractivity contribution < 1.29 is 75.8 Å². The fourth-order valence-corrected chi connectivity index (χ4v) is 13.1. The molecule has 4 aliphatic carbocycles. The summed E-state index contributed by atoms with van der Waals surface area (Å²) in [7, 11) is 1.23. The maximum Gasteiger partial charge on any atom is 0.306 e. The number of hydrogen-bond acceptors (Lipinski definition) is 16. The number of carbonyl (C=O) groups excluding carboxylic acids is 6. The van der Waals surface area contributed by atoms with Crippen LogP contribution >= 0.6 is 0 Å². The highest BCUT2D eigenvalue weighted by atomic mass is 16.9. The summed E-state index contributed by atoms with van der Waals surface area (Å²) >= 11 is 0. The normalized spacial score (nSPS) is 46.4. The molecule has 3 aliphatic heterocycles. The van der Waals surface area contributed by atoms with Crippen molar-refractivity contribution in [3.63, 3.8) is 0 Å². The van der Waals surface area contributed by atoms with E-state index in [9.17, 15) is 28.8 Å². The van der Waals surface area contributed by atoms with Crippen molar-refractivity contribution in [2.24, 2.45) is 28.1 Å². The molecule has 54 heavy (non-hydrogen) atoms. The van der Waals surface area contributed by atoms with Gasteiger partial charge in [-0.2, -0.15) is 0 Å². The molecule has 0 N–H and O–H groups in total. The minimum atomic E-state index is -2.16. The highest BCUT2D eigenvalue weighted by Gasteiger charge is 3.06.